The van der Waals surface area contributed by atoms with Crippen molar-refractivity contribution >= 4 is 11.8 Å². The van der Waals surface area contributed by atoms with Gasteiger partial charge >= 0.3 is 0 Å². The highest BCUT2D eigenvalue weighted by Crippen LogP contribution is 2.28. The summed E-state index contributed by atoms with van der Waals surface area (Å²) < 4.78 is 0. The summed E-state index contributed by atoms with van der Waals surface area (Å²) in [5.41, 5.74) is 2.66. The Morgan fingerprint density at radius 3 is 2.00 bits per heavy atom. The lowest BCUT2D eigenvalue weighted by molar-refractivity contribution is 0.475. The van der Waals surface area contributed by atoms with Crippen molar-refractivity contribution in [3.05, 3.63) is 90.0 Å². The van der Waals surface area contributed by atoms with Gasteiger partial charge in [-0.05, 0) is 60.5 Å². The Balaban J connectivity index is 1.45. The minimum absolute atomic E-state index is 0.303. The summed E-state index contributed by atoms with van der Waals surface area (Å²) in [6, 6.07) is 26.5. The molecule has 0 fully saturated rings. The normalized spacial score (nSPS) is 10.7. The van der Waals surface area contributed by atoms with Gasteiger partial charge in [0.15, 0.2) is 0 Å². The number of aromatic hydroxyl groups is 1. The summed E-state index contributed by atoms with van der Waals surface area (Å²) in [6.45, 7) is 1.88. The molecule has 0 amide bonds. The van der Waals surface area contributed by atoms with Crippen LogP contribution in [-0.4, -0.2) is 11.7 Å². The van der Waals surface area contributed by atoms with Crippen LogP contribution in [0.25, 0.3) is 0 Å². The predicted molar refractivity (Wildman–Crippen MR) is 101 cm³/mol. The van der Waals surface area contributed by atoms with Gasteiger partial charge < -0.3 is 10.4 Å². The Labute approximate surface area is 147 Å². The largest absolute Gasteiger partial charge is 0.508 e. The molecule has 122 valence electrons. The van der Waals surface area contributed by atoms with E-state index in [2.05, 4.69) is 53.8 Å². The summed E-state index contributed by atoms with van der Waals surface area (Å²) in [5.74, 6) is 0.303. The maximum absolute atomic E-state index is 9.32. The Bertz CT molecular complexity index is 739. The van der Waals surface area contributed by atoms with Gasteiger partial charge in [0.2, 0.25) is 0 Å². The Kier molecular flexibility index (Phi) is 5.94. The van der Waals surface area contributed by atoms with E-state index in [4.69, 9.17) is 0 Å². The van der Waals surface area contributed by atoms with Gasteiger partial charge in [0.1, 0.15) is 5.75 Å². The van der Waals surface area contributed by atoms with E-state index in [1.54, 1.807) is 23.9 Å². The molecule has 0 radical (unpaired) electrons. The fourth-order valence-corrected chi connectivity index (χ4v) is 3.25. The molecule has 0 bridgehead atoms. The third-order valence-corrected chi connectivity index (χ3v) is 4.77. The van der Waals surface area contributed by atoms with Crippen molar-refractivity contribution in [2.24, 2.45) is 0 Å². The zero-order chi connectivity index (χ0) is 16.6. The molecule has 0 aromatic heterocycles. The van der Waals surface area contributed by atoms with Gasteiger partial charge in [-0.15, -0.1) is 0 Å². The van der Waals surface area contributed by atoms with Crippen molar-refractivity contribution in [3.63, 3.8) is 0 Å². The monoisotopic (exact) mass is 335 g/mol. The first-order valence-corrected chi connectivity index (χ1v) is 8.92. The molecule has 0 saturated carbocycles. The van der Waals surface area contributed by atoms with Crippen molar-refractivity contribution in [2.45, 2.75) is 22.8 Å². The van der Waals surface area contributed by atoms with Gasteiger partial charge in [0, 0.05) is 16.3 Å². The minimum Gasteiger partial charge on any atom is -0.508 e. The van der Waals surface area contributed by atoms with Crippen molar-refractivity contribution in [1.29, 1.82) is 0 Å². The van der Waals surface area contributed by atoms with E-state index >= 15 is 0 Å². The minimum atomic E-state index is 0.303. The second-order valence-corrected chi connectivity index (χ2v) is 6.80. The average molecular weight is 335 g/mol. The first-order valence-electron chi connectivity index (χ1n) is 8.10. The first-order chi connectivity index (χ1) is 11.8. The summed E-state index contributed by atoms with van der Waals surface area (Å²) in [6.07, 6.45) is 1.02. The molecule has 3 rings (SSSR count). The van der Waals surface area contributed by atoms with Crippen molar-refractivity contribution in [3.8, 4) is 5.75 Å². The van der Waals surface area contributed by atoms with Crippen LogP contribution < -0.4 is 5.32 Å². The van der Waals surface area contributed by atoms with Crippen molar-refractivity contribution in [2.75, 3.05) is 6.54 Å². The lowest BCUT2D eigenvalue weighted by Crippen LogP contribution is -2.16. The Hall–Kier alpha value is -2.23. The third kappa shape index (κ3) is 5.15. The van der Waals surface area contributed by atoms with Crippen LogP contribution in [0.2, 0.25) is 0 Å². The van der Waals surface area contributed by atoms with Gasteiger partial charge in [-0.1, -0.05) is 54.2 Å². The van der Waals surface area contributed by atoms with E-state index in [0.29, 0.717) is 5.75 Å². The molecular weight excluding hydrogens is 314 g/mol. The van der Waals surface area contributed by atoms with E-state index in [-0.39, 0.29) is 0 Å². The van der Waals surface area contributed by atoms with E-state index in [0.717, 1.165) is 24.4 Å². The number of phenols is 1. The second kappa shape index (κ2) is 8.57. The van der Waals surface area contributed by atoms with Crippen LogP contribution >= 0.6 is 11.8 Å². The van der Waals surface area contributed by atoms with Crippen LogP contribution in [0.4, 0.5) is 0 Å². The van der Waals surface area contributed by atoms with Gasteiger partial charge in [-0.2, -0.15) is 0 Å². The summed E-state index contributed by atoms with van der Waals surface area (Å²) in [4.78, 5) is 2.34. The number of rotatable bonds is 7. The molecule has 3 aromatic rings. The number of hydrogen-bond donors (Lipinski definition) is 2. The smallest absolute Gasteiger partial charge is 0.115 e. The zero-order valence-electron chi connectivity index (χ0n) is 13.5. The van der Waals surface area contributed by atoms with Crippen molar-refractivity contribution < 1.29 is 5.11 Å². The molecule has 2 N–H and O–H groups in total. The van der Waals surface area contributed by atoms with Crippen LogP contribution in [0.1, 0.15) is 11.1 Å². The van der Waals surface area contributed by atoms with Crippen LogP contribution in [0.3, 0.4) is 0 Å². The van der Waals surface area contributed by atoms with Crippen LogP contribution in [0, 0.1) is 0 Å². The predicted octanol–water partition coefficient (Wildman–Crippen LogP) is 4.88. The zero-order valence-corrected chi connectivity index (χ0v) is 14.3. The van der Waals surface area contributed by atoms with Crippen LogP contribution in [0.15, 0.2) is 88.7 Å². The maximum atomic E-state index is 9.32. The lowest BCUT2D eigenvalue weighted by atomic mass is 10.1. The number of phenolic OH excluding ortho intramolecular Hbond substituents is 1. The Morgan fingerprint density at radius 1 is 0.708 bits per heavy atom. The average Bonchev–Trinajstić information content (AvgIpc) is 2.63. The molecule has 0 spiro atoms. The summed E-state index contributed by atoms with van der Waals surface area (Å²) in [5, 5.41) is 12.8. The first kappa shape index (κ1) is 16.6. The third-order valence-electron chi connectivity index (χ3n) is 3.76. The molecule has 0 heterocycles. The van der Waals surface area contributed by atoms with Gasteiger partial charge in [-0.3, -0.25) is 0 Å². The van der Waals surface area contributed by atoms with E-state index in [1.165, 1.54) is 16.0 Å². The highest BCUT2D eigenvalue weighted by Gasteiger charge is 1.99. The molecular formula is C21H21NOS. The highest BCUT2D eigenvalue weighted by atomic mass is 32.2. The second-order valence-electron chi connectivity index (χ2n) is 5.65. The van der Waals surface area contributed by atoms with Gasteiger partial charge in [0.25, 0.3) is 0 Å². The van der Waals surface area contributed by atoms with E-state index in [9.17, 15) is 5.11 Å². The molecule has 3 heteroatoms. The molecule has 0 unspecified atom stereocenters. The molecule has 2 nitrogen and oxygen atoms in total. The summed E-state index contributed by atoms with van der Waals surface area (Å²) >= 11 is 1.70. The molecule has 0 aliphatic rings. The van der Waals surface area contributed by atoms with Crippen LogP contribution in [0.5, 0.6) is 5.75 Å². The SMILES string of the molecule is Oc1ccc(Sc2ccc(CCNCc3ccccc3)cc2)cc1. The highest BCUT2D eigenvalue weighted by molar-refractivity contribution is 7.99. The molecule has 3 aromatic carbocycles. The fourth-order valence-electron chi connectivity index (χ4n) is 2.44. The molecule has 0 aliphatic carbocycles. The molecule has 24 heavy (non-hydrogen) atoms. The molecule has 0 saturated heterocycles. The van der Waals surface area contributed by atoms with Crippen molar-refractivity contribution in [1.82, 2.24) is 5.32 Å². The van der Waals surface area contributed by atoms with E-state index in [1.807, 2.05) is 18.2 Å². The number of nitrogens with one attached hydrogen (secondary N) is 1. The molecule has 0 aliphatic heterocycles. The fraction of sp³-hybridized carbons (Fsp3) is 0.143. The lowest BCUT2D eigenvalue weighted by Gasteiger charge is -2.06. The van der Waals surface area contributed by atoms with Gasteiger partial charge in [-0.25, -0.2) is 0 Å². The quantitative estimate of drug-likeness (QED) is 0.604. The molecule has 0 atom stereocenters. The van der Waals surface area contributed by atoms with Gasteiger partial charge in [0.05, 0.1) is 0 Å². The standard InChI is InChI=1S/C21H21NOS/c23-19-8-12-21(13-9-19)24-20-10-6-17(7-11-20)14-15-22-16-18-4-2-1-3-5-18/h1-13,22-23H,14-16H2. The number of hydrogen-bond acceptors (Lipinski definition) is 3. The summed E-state index contributed by atoms with van der Waals surface area (Å²) in [7, 11) is 0. The van der Waals surface area contributed by atoms with Crippen LogP contribution in [-0.2, 0) is 13.0 Å². The number of benzene rings is 3. The van der Waals surface area contributed by atoms with E-state index < -0.39 is 0 Å². The maximum Gasteiger partial charge on any atom is 0.115 e. The Morgan fingerprint density at radius 2 is 1.33 bits per heavy atom. The topological polar surface area (TPSA) is 32.3 Å².